The van der Waals surface area contributed by atoms with Gasteiger partial charge in [-0.15, -0.1) is 0 Å². The quantitative estimate of drug-likeness (QED) is 0.591. The molecule has 27 heavy (non-hydrogen) atoms. The van der Waals surface area contributed by atoms with E-state index in [0.29, 0.717) is 22.7 Å². The SMILES string of the molecule is O=S(=O)(CCF)N(Cc1cncnc1)c1ccc(Oc2ccccc2)cc1. The third-order valence-corrected chi connectivity index (χ3v) is 5.40. The van der Waals surface area contributed by atoms with E-state index in [4.69, 9.17) is 4.74 Å². The Morgan fingerprint density at radius 2 is 1.56 bits per heavy atom. The summed E-state index contributed by atoms with van der Waals surface area (Å²) in [4.78, 5) is 7.79. The zero-order valence-electron chi connectivity index (χ0n) is 14.4. The topological polar surface area (TPSA) is 72.4 Å². The Hall–Kier alpha value is -3.00. The minimum Gasteiger partial charge on any atom is -0.457 e. The fraction of sp³-hybridized carbons (Fsp3) is 0.158. The van der Waals surface area contributed by atoms with Gasteiger partial charge >= 0.3 is 0 Å². The van der Waals surface area contributed by atoms with E-state index in [2.05, 4.69) is 9.97 Å². The highest BCUT2D eigenvalue weighted by atomic mass is 32.2. The van der Waals surface area contributed by atoms with Crippen molar-refractivity contribution in [3.05, 3.63) is 78.9 Å². The van der Waals surface area contributed by atoms with E-state index < -0.39 is 22.5 Å². The van der Waals surface area contributed by atoms with E-state index in [9.17, 15) is 12.8 Å². The lowest BCUT2D eigenvalue weighted by molar-refractivity contribution is 0.482. The predicted molar refractivity (Wildman–Crippen MR) is 101 cm³/mol. The van der Waals surface area contributed by atoms with Crippen molar-refractivity contribution in [1.82, 2.24) is 9.97 Å². The molecule has 6 nitrogen and oxygen atoms in total. The number of hydrogen-bond acceptors (Lipinski definition) is 5. The van der Waals surface area contributed by atoms with E-state index in [1.165, 1.54) is 18.7 Å². The molecule has 0 amide bonds. The molecule has 0 radical (unpaired) electrons. The third-order valence-electron chi connectivity index (χ3n) is 3.71. The van der Waals surface area contributed by atoms with Crippen molar-refractivity contribution in [2.24, 2.45) is 0 Å². The normalized spacial score (nSPS) is 11.1. The van der Waals surface area contributed by atoms with Crippen LogP contribution in [0.3, 0.4) is 0 Å². The van der Waals surface area contributed by atoms with E-state index in [-0.39, 0.29) is 6.54 Å². The van der Waals surface area contributed by atoms with Gasteiger partial charge in [0, 0.05) is 18.0 Å². The summed E-state index contributed by atoms with van der Waals surface area (Å²) in [6.45, 7) is -0.943. The summed E-state index contributed by atoms with van der Waals surface area (Å²) in [7, 11) is -3.83. The Balaban J connectivity index is 1.85. The van der Waals surface area contributed by atoms with Gasteiger partial charge in [-0.3, -0.25) is 4.31 Å². The molecule has 0 unspecified atom stereocenters. The van der Waals surface area contributed by atoms with Crippen LogP contribution in [0.4, 0.5) is 10.1 Å². The molecule has 0 bridgehead atoms. The molecular formula is C19H18FN3O3S. The first-order valence-corrected chi connectivity index (χ1v) is 9.82. The maximum Gasteiger partial charge on any atom is 0.238 e. The zero-order valence-corrected chi connectivity index (χ0v) is 15.2. The third kappa shape index (κ3) is 5.01. The highest BCUT2D eigenvalue weighted by Gasteiger charge is 2.23. The Kier molecular flexibility index (Phi) is 5.97. The summed E-state index contributed by atoms with van der Waals surface area (Å²) in [6.07, 6.45) is 4.41. The van der Waals surface area contributed by atoms with Gasteiger partial charge in [-0.05, 0) is 36.4 Å². The number of ether oxygens (including phenoxy) is 1. The van der Waals surface area contributed by atoms with Crippen molar-refractivity contribution in [1.29, 1.82) is 0 Å². The Labute approximate surface area is 157 Å². The number of rotatable bonds is 8. The monoisotopic (exact) mass is 387 g/mol. The number of aromatic nitrogens is 2. The minimum atomic E-state index is -3.83. The van der Waals surface area contributed by atoms with Crippen LogP contribution >= 0.6 is 0 Å². The number of hydrogen-bond donors (Lipinski definition) is 0. The smallest absolute Gasteiger partial charge is 0.238 e. The minimum absolute atomic E-state index is 0.0159. The van der Waals surface area contributed by atoms with Gasteiger partial charge in [0.15, 0.2) is 0 Å². The van der Waals surface area contributed by atoms with Gasteiger partial charge in [-0.25, -0.2) is 22.8 Å². The standard InChI is InChI=1S/C19H18FN3O3S/c20-10-11-27(24,25)23(14-16-12-21-15-22-13-16)17-6-8-19(9-7-17)26-18-4-2-1-3-5-18/h1-9,12-13,15H,10-11,14H2. The summed E-state index contributed by atoms with van der Waals surface area (Å²) >= 11 is 0. The molecule has 2 aromatic carbocycles. The predicted octanol–water partition coefficient (Wildman–Crippen LogP) is 3.57. The van der Waals surface area contributed by atoms with Gasteiger partial charge < -0.3 is 4.74 Å². The molecule has 3 aromatic rings. The molecule has 8 heteroatoms. The van der Waals surface area contributed by atoms with Gasteiger partial charge in [-0.1, -0.05) is 18.2 Å². The number of alkyl halides is 1. The van der Waals surface area contributed by atoms with Gasteiger partial charge in [0.1, 0.15) is 24.5 Å². The van der Waals surface area contributed by atoms with Crippen molar-refractivity contribution < 1.29 is 17.5 Å². The van der Waals surface area contributed by atoms with Crippen molar-refractivity contribution in [2.45, 2.75) is 6.54 Å². The summed E-state index contributed by atoms with van der Waals surface area (Å²) in [5.41, 5.74) is 1.01. The van der Waals surface area contributed by atoms with Crippen LogP contribution in [-0.4, -0.2) is 30.8 Å². The first kappa shape index (κ1) is 18.8. The van der Waals surface area contributed by atoms with Crippen LogP contribution in [0.1, 0.15) is 5.56 Å². The molecule has 0 atom stereocenters. The van der Waals surface area contributed by atoms with Crippen molar-refractivity contribution in [3.63, 3.8) is 0 Å². The lowest BCUT2D eigenvalue weighted by Gasteiger charge is -2.24. The van der Waals surface area contributed by atoms with Crippen LogP contribution in [0.2, 0.25) is 0 Å². The number of nitrogens with zero attached hydrogens (tertiary/aromatic N) is 3. The molecule has 0 aliphatic rings. The summed E-state index contributed by atoms with van der Waals surface area (Å²) in [5, 5.41) is 0. The van der Waals surface area contributed by atoms with E-state index >= 15 is 0 Å². The molecule has 3 rings (SSSR count). The molecule has 1 heterocycles. The maximum absolute atomic E-state index is 12.8. The van der Waals surface area contributed by atoms with Crippen molar-refractivity contribution in [3.8, 4) is 11.5 Å². The van der Waals surface area contributed by atoms with Crippen molar-refractivity contribution >= 4 is 15.7 Å². The molecule has 0 saturated carbocycles. The lowest BCUT2D eigenvalue weighted by atomic mass is 10.2. The maximum atomic E-state index is 12.8. The first-order valence-electron chi connectivity index (χ1n) is 8.22. The van der Waals surface area contributed by atoms with Crippen LogP contribution in [-0.2, 0) is 16.6 Å². The fourth-order valence-electron chi connectivity index (χ4n) is 2.44. The van der Waals surface area contributed by atoms with E-state index in [0.717, 1.165) is 4.31 Å². The van der Waals surface area contributed by atoms with Gasteiger partial charge in [-0.2, -0.15) is 0 Å². The molecule has 1 aromatic heterocycles. The molecular weight excluding hydrogens is 369 g/mol. The molecule has 0 spiro atoms. The molecule has 0 fully saturated rings. The second kappa shape index (κ2) is 8.59. The van der Waals surface area contributed by atoms with Crippen LogP contribution < -0.4 is 9.04 Å². The molecule has 0 aliphatic carbocycles. The summed E-state index contributed by atoms with van der Waals surface area (Å²) in [6, 6.07) is 15.8. The van der Waals surface area contributed by atoms with Crippen LogP contribution in [0, 0.1) is 0 Å². The fourth-order valence-corrected chi connectivity index (χ4v) is 3.64. The highest BCUT2D eigenvalue weighted by molar-refractivity contribution is 7.92. The highest BCUT2D eigenvalue weighted by Crippen LogP contribution is 2.27. The Morgan fingerprint density at radius 3 is 2.19 bits per heavy atom. The van der Waals surface area contributed by atoms with Crippen LogP contribution in [0.5, 0.6) is 11.5 Å². The van der Waals surface area contributed by atoms with Crippen molar-refractivity contribution in [2.75, 3.05) is 16.7 Å². The summed E-state index contributed by atoms with van der Waals surface area (Å²) < 4.78 is 44.7. The molecule has 140 valence electrons. The number of anilines is 1. The van der Waals surface area contributed by atoms with E-state index in [1.54, 1.807) is 24.3 Å². The second-order valence-electron chi connectivity index (χ2n) is 5.67. The zero-order chi connectivity index (χ0) is 19.1. The van der Waals surface area contributed by atoms with Gasteiger partial charge in [0.05, 0.1) is 18.0 Å². The first-order chi connectivity index (χ1) is 13.1. The largest absolute Gasteiger partial charge is 0.457 e. The average Bonchev–Trinajstić information content (AvgIpc) is 2.68. The Morgan fingerprint density at radius 1 is 0.926 bits per heavy atom. The summed E-state index contributed by atoms with van der Waals surface area (Å²) in [5.74, 6) is 0.646. The number of sulfonamides is 1. The number of benzene rings is 2. The van der Waals surface area contributed by atoms with Crippen LogP contribution in [0.25, 0.3) is 0 Å². The Bertz CT molecular complexity index is 953. The number of halogens is 1. The average molecular weight is 387 g/mol. The van der Waals surface area contributed by atoms with Gasteiger partial charge in [0.2, 0.25) is 10.0 Å². The number of para-hydroxylation sites is 1. The van der Waals surface area contributed by atoms with E-state index in [1.807, 2.05) is 30.3 Å². The van der Waals surface area contributed by atoms with Gasteiger partial charge in [0.25, 0.3) is 0 Å². The lowest BCUT2D eigenvalue weighted by Crippen LogP contribution is -2.33. The molecule has 0 aliphatic heterocycles. The second-order valence-corrected chi connectivity index (χ2v) is 7.68. The van der Waals surface area contributed by atoms with Crippen LogP contribution in [0.15, 0.2) is 73.3 Å². The molecule has 0 N–H and O–H groups in total. The molecule has 0 saturated heterocycles.